The third kappa shape index (κ3) is 2.09. The van der Waals surface area contributed by atoms with E-state index in [0.29, 0.717) is 11.3 Å². The first kappa shape index (κ1) is 16.0. The molecule has 0 bridgehead atoms. The molecule has 2 nitrogen and oxygen atoms in total. The van der Waals surface area contributed by atoms with Crippen molar-refractivity contribution in [3.8, 4) is 0 Å². The molecule has 4 rings (SSSR count). The summed E-state index contributed by atoms with van der Waals surface area (Å²) in [5.74, 6) is 4.25. The minimum absolute atomic E-state index is 0.0298. The van der Waals surface area contributed by atoms with E-state index in [1.165, 1.54) is 51.4 Å². The molecule has 0 spiro atoms. The van der Waals surface area contributed by atoms with E-state index < -0.39 is 0 Å². The Morgan fingerprint density at radius 2 is 1.78 bits per heavy atom. The van der Waals surface area contributed by atoms with Gasteiger partial charge in [-0.15, -0.1) is 0 Å². The Kier molecular flexibility index (Phi) is 3.63. The maximum atomic E-state index is 12.1. The zero-order valence-corrected chi connectivity index (χ0v) is 15.3. The quantitative estimate of drug-likeness (QED) is 0.744. The summed E-state index contributed by atoms with van der Waals surface area (Å²) in [6.45, 7) is 7.44. The maximum Gasteiger partial charge on any atom is 0.221 e. The predicted octanol–water partition coefficient (Wildman–Crippen LogP) is 4.77. The summed E-state index contributed by atoms with van der Waals surface area (Å²) in [7, 11) is 0. The molecule has 130 valence electrons. The van der Waals surface area contributed by atoms with Crippen molar-refractivity contribution in [1.82, 2.24) is 0 Å². The van der Waals surface area contributed by atoms with Gasteiger partial charge in [0.15, 0.2) is 0 Å². The van der Waals surface area contributed by atoms with E-state index in [1.807, 2.05) is 0 Å². The van der Waals surface area contributed by atoms with Crippen molar-refractivity contribution in [2.45, 2.75) is 78.6 Å². The molecule has 2 unspecified atom stereocenters. The topological polar surface area (TPSA) is 43.1 Å². The van der Waals surface area contributed by atoms with Crippen LogP contribution in [-0.2, 0) is 4.79 Å². The molecule has 2 heteroatoms. The Bertz CT molecular complexity index is 502. The predicted molar refractivity (Wildman–Crippen MR) is 93.6 cm³/mol. The van der Waals surface area contributed by atoms with Gasteiger partial charge in [0.2, 0.25) is 5.91 Å². The van der Waals surface area contributed by atoms with E-state index in [1.54, 1.807) is 0 Å². The SMILES string of the molecule is CC1CC(C(N)=O)[C@@]2(C)CC[C@H]3[C@@H](CC[C@H]4CCCC[C@@]43C)[C@H]12. The zero-order chi connectivity index (χ0) is 16.4. The van der Waals surface area contributed by atoms with Crippen LogP contribution >= 0.6 is 0 Å². The monoisotopic (exact) mass is 317 g/mol. The molecule has 0 aromatic heterocycles. The Morgan fingerprint density at radius 1 is 1.00 bits per heavy atom. The normalized spacial score (nSPS) is 55.6. The highest BCUT2D eigenvalue weighted by Gasteiger charge is 2.62. The van der Waals surface area contributed by atoms with E-state index in [2.05, 4.69) is 20.8 Å². The van der Waals surface area contributed by atoms with Crippen LogP contribution in [0.25, 0.3) is 0 Å². The zero-order valence-electron chi connectivity index (χ0n) is 15.3. The van der Waals surface area contributed by atoms with Gasteiger partial charge in [-0.2, -0.15) is 0 Å². The van der Waals surface area contributed by atoms with Crippen LogP contribution in [0, 0.1) is 46.3 Å². The number of nitrogens with two attached hydrogens (primary N) is 1. The molecule has 0 aliphatic heterocycles. The van der Waals surface area contributed by atoms with Crippen molar-refractivity contribution in [1.29, 1.82) is 0 Å². The fourth-order valence-electron chi connectivity index (χ4n) is 8.28. The first-order valence-corrected chi connectivity index (χ1v) is 10.2. The lowest BCUT2D eigenvalue weighted by atomic mass is 9.44. The van der Waals surface area contributed by atoms with Crippen LogP contribution in [0.3, 0.4) is 0 Å². The molecule has 8 atom stereocenters. The maximum absolute atomic E-state index is 12.1. The number of hydrogen-bond acceptors (Lipinski definition) is 1. The van der Waals surface area contributed by atoms with Crippen molar-refractivity contribution in [3.05, 3.63) is 0 Å². The Hall–Kier alpha value is -0.530. The van der Waals surface area contributed by atoms with Gasteiger partial charge in [0.25, 0.3) is 0 Å². The van der Waals surface area contributed by atoms with Gasteiger partial charge in [0.1, 0.15) is 0 Å². The fraction of sp³-hybridized carbons (Fsp3) is 0.952. The largest absolute Gasteiger partial charge is 0.369 e. The summed E-state index contributed by atoms with van der Waals surface area (Å²) in [4.78, 5) is 12.1. The third-order valence-electron chi connectivity index (χ3n) is 9.24. The molecular formula is C21H35NO. The van der Waals surface area contributed by atoms with Crippen LogP contribution in [0.5, 0.6) is 0 Å². The smallest absolute Gasteiger partial charge is 0.221 e. The summed E-state index contributed by atoms with van der Waals surface area (Å²) in [5.41, 5.74) is 6.59. The Labute approximate surface area is 142 Å². The third-order valence-corrected chi connectivity index (χ3v) is 9.24. The van der Waals surface area contributed by atoms with Gasteiger partial charge in [0, 0.05) is 5.92 Å². The van der Waals surface area contributed by atoms with Crippen molar-refractivity contribution in [2.24, 2.45) is 52.1 Å². The highest BCUT2D eigenvalue weighted by Crippen LogP contribution is 2.68. The number of amides is 1. The molecular weight excluding hydrogens is 282 g/mol. The lowest BCUT2D eigenvalue weighted by Crippen LogP contribution is -2.54. The number of carbonyl (C=O) groups is 1. The Morgan fingerprint density at radius 3 is 2.52 bits per heavy atom. The molecule has 1 amide bonds. The van der Waals surface area contributed by atoms with Crippen LogP contribution in [0.2, 0.25) is 0 Å². The summed E-state index contributed by atoms with van der Waals surface area (Å²) >= 11 is 0. The molecule has 0 saturated heterocycles. The van der Waals surface area contributed by atoms with E-state index in [-0.39, 0.29) is 17.2 Å². The van der Waals surface area contributed by atoms with E-state index in [4.69, 9.17) is 5.73 Å². The lowest BCUT2D eigenvalue weighted by molar-refractivity contribution is -0.135. The molecule has 0 radical (unpaired) electrons. The number of carbonyl (C=O) groups excluding carboxylic acids is 1. The van der Waals surface area contributed by atoms with Gasteiger partial charge in [-0.05, 0) is 85.4 Å². The van der Waals surface area contributed by atoms with Crippen molar-refractivity contribution in [2.75, 3.05) is 0 Å². The van der Waals surface area contributed by atoms with E-state index >= 15 is 0 Å². The summed E-state index contributed by atoms with van der Waals surface area (Å²) in [6, 6.07) is 0. The average molecular weight is 318 g/mol. The second-order valence-electron chi connectivity index (χ2n) is 10.0. The van der Waals surface area contributed by atoms with Crippen molar-refractivity contribution >= 4 is 5.91 Å². The number of primary amides is 1. The highest BCUT2D eigenvalue weighted by atomic mass is 16.1. The van der Waals surface area contributed by atoms with Crippen molar-refractivity contribution in [3.63, 3.8) is 0 Å². The molecule has 0 aromatic carbocycles. The van der Waals surface area contributed by atoms with Crippen LogP contribution in [-0.4, -0.2) is 5.91 Å². The van der Waals surface area contributed by atoms with Gasteiger partial charge >= 0.3 is 0 Å². The summed E-state index contributed by atoms with van der Waals surface area (Å²) in [6.07, 6.45) is 12.3. The highest BCUT2D eigenvalue weighted by molar-refractivity contribution is 5.78. The first-order chi connectivity index (χ1) is 10.9. The van der Waals surface area contributed by atoms with Crippen LogP contribution in [0.15, 0.2) is 0 Å². The fourth-order valence-corrected chi connectivity index (χ4v) is 8.28. The average Bonchev–Trinajstić information content (AvgIpc) is 2.78. The second-order valence-corrected chi connectivity index (χ2v) is 10.0. The van der Waals surface area contributed by atoms with Crippen LogP contribution in [0.4, 0.5) is 0 Å². The minimum Gasteiger partial charge on any atom is -0.369 e. The van der Waals surface area contributed by atoms with Gasteiger partial charge in [-0.25, -0.2) is 0 Å². The minimum atomic E-state index is -0.0298. The lowest BCUT2D eigenvalue weighted by Gasteiger charge is -2.61. The Balaban J connectivity index is 1.67. The second kappa shape index (κ2) is 5.23. The standard InChI is InChI=1S/C21H35NO/c1-13-12-17(19(22)23)21(3)11-9-16-15(18(13)21)8-7-14-6-4-5-10-20(14,16)2/h13-18H,4-12H2,1-3H3,(H2,22,23)/t13?,14-,15-,16+,17?,18+,20+,21-/m1/s1. The molecule has 2 N–H and O–H groups in total. The van der Waals surface area contributed by atoms with Crippen LogP contribution in [0.1, 0.15) is 78.6 Å². The molecule has 0 aromatic rings. The van der Waals surface area contributed by atoms with Crippen LogP contribution < -0.4 is 5.73 Å². The molecule has 4 aliphatic carbocycles. The molecule has 0 heterocycles. The number of hydrogen-bond donors (Lipinski definition) is 1. The summed E-state index contributed by atoms with van der Waals surface area (Å²) in [5, 5.41) is 0. The molecule has 4 aliphatic rings. The van der Waals surface area contributed by atoms with E-state index in [9.17, 15) is 4.79 Å². The molecule has 23 heavy (non-hydrogen) atoms. The molecule has 4 saturated carbocycles. The number of rotatable bonds is 1. The van der Waals surface area contributed by atoms with Crippen molar-refractivity contribution < 1.29 is 4.79 Å². The first-order valence-electron chi connectivity index (χ1n) is 10.2. The van der Waals surface area contributed by atoms with Gasteiger partial charge < -0.3 is 5.73 Å². The molecule has 4 fully saturated rings. The van der Waals surface area contributed by atoms with Gasteiger partial charge in [-0.1, -0.05) is 33.6 Å². The summed E-state index contributed by atoms with van der Waals surface area (Å²) < 4.78 is 0. The van der Waals surface area contributed by atoms with Gasteiger partial charge in [-0.3, -0.25) is 4.79 Å². The van der Waals surface area contributed by atoms with E-state index in [0.717, 1.165) is 30.1 Å². The number of fused-ring (bicyclic) bond motifs is 5. The van der Waals surface area contributed by atoms with Gasteiger partial charge in [0.05, 0.1) is 0 Å².